The van der Waals surface area contributed by atoms with Crippen LogP contribution in [0.5, 0.6) is 0 Å². The SMILES string of the molecule is CC(C)(CN)CNc1cccc2nc(NC(=O)C3CC3)nn12. The Kier molecular flexibility index (Phi) is 3.74. The highest BCUT2D eigenvalue weighted by molar-refractivity contribution is 5.92. The molecule has 1 saturated carbocycles. The minimum atomic E-state index is -0.00817. The summed E-state index contributed by atoms with van der Waals surface area (Å²) in [5.74, 6) is 1.33. The van der Waals surface area contributed by atoms with Crippen LogP contribution in [0.3, 0.4) is 0 Å². The maximum absolute atomic E-state index is 11.8. The number of rotatable bonds is 6. The van der Waals surface area contributed by atoms with Crippen LogP contribution in [0.1, 0.15) is 26.7 Å². The van der Waals surface area contributed by atoms with Crippen molar-refractivity contribution in [3.63, 3.8) is 0 Å². The zero-order chi connectivity index (χ0) is 15.7. The van der Waals surface area contributed by atoms with E-state index in [1.807, 2.05) is 18.2 Å². The fourth-order valence-corrected chi connectivity index (χ4v) is 2.05. The highest BCUT2D eigenvalue weighted by atomic mass is 16.2. The molecule has 1 amide bonds. The molecule has 3 rings (SSSR count). The van der Waals surface area contributed by atoms with Gasteiger partial charge in [0.05, 0.1) is 0 Å². The number of anilines is 2. The number of carbonyl (C=O) groups excluding carboxylic acids is 1. The Morgan fingerprint density at radius 1 is 1.45 bits per heavy atom. The fourth-order valence-electron chi connectivity index (χ4n) is 2.05. The summed E-state index contributed by atoms with van der Waals surface area (Å²) >= 11 is 0. The molecule has 0 bridgehead atoms. The van der Waals surface area contributed by atoms with Gasteiger partial charge in [0.25, 0.3) is 0 Å². The van der Waals surface area contributed by atoms with Gasteiger partial charge in [0.15, 0.2) is 5.65 Å². The van der Waals surface area contributed by atoms with E-state index < -0.39 is 0 Å². The van der Waals surface area contributed by atoms with E-state index in [2.05, 4.69) is 34.6 Å². The molecule has 1 aliphatic carbocycles. The number of carbonyl (C=O) groups is 1. The van der Waals surface area contributed by atoms with Crippen LogP contribution in [0.2, 0.25) is 0 Å². The van der Waals surface area contributed by atoms with Crippen LogP contribution in [-0.2, 0) is 4.79 Å². The highest BCUT2D eigenvalue weighted by Crippen LogP contribution is 2.29. The maximum atomic E-state index is 11.8. The predicted octanol–water partition coefficient (Wildman–Crippen LogP) is 1.47. The monoisotopic (exact) mass is 302 g/mol. The van der Waals surface area contributed by atoms with E-state index in [0.717, 1.165) is 25.2 Å². The molecule has 2 heterocycles. The molecule has 0 spiro atoms. The normalized spacial score (nSPS) is 15.0. The smallest absolute Gasteiger partial charge is 0.249 e. The van der Waals surface area contributed by atoms with E-state index in [-0.39, 0.29) is 17.2 Å². The largest absolute Gasteiger partial charge is 0.369 e. The zero-order valence-corrected chi connectivity index (χ0v) is 13.0. The predicted molar refractivity (Wildman–Crippen MR) is 85.7 cm³/mol. The second-order valence-electron chi connectivity index (χ2n) is 6.60. The summed E-state index contributed by atoms with van der Waals surface area (Å²) in [6.45, 7) is 5.52. The number of hydrogen-bond donors (Lipinski definition) is 3. The molecule has 7 heteroatoms. The number of nitrogens with zero attached hydrogens (tertiary/aromatic N) is 3. The third-order valence-corrected chi connectivity index (χ3v) is 3.84. The average Bonchev–Trinajstić information content (AvgIpc) is 3.26. The number of aromatic nitrogens is 3. The average molecular weight is 302 g/mol. The van der Waals surface area contributed by atoms with Crippen molar-refractivity contribution in [3.05, 3.63) is 18.2 Å². The first kappa shape index (κ1) is 14.8. The van der Waals surface area contributed by atoms with E-state index in [1.165, 1.54) is 0 Å². The number of nitrogens with one attached hydrogen (secondary N) is 2. The van der Waals surface area contributed by atoms with Gasteiger partial charge in [0.1, 0.15) is 5.82 Å². The fraction of sp³-hybridized carbons (Fsp3) is 0.533. The van der Waals surface area contributed by atoms with E-state index in [1.54, 1.807) is 4.52 Å². The van der Waals surface area contributed by atoms with Crippen LogP contribution < -0.4 is 16.4 Å². The number of nitrogens with two attached hydrogens (primary N) is 1. The molecule has 0 aromatic carbocycles. The molecule has 1 aliphatic rings. The third-order valence-electron chi connectivity index (χ3n) is 3.84. The summed E-state index contributed by atoms with van der Waals surface area (Å²) in [5.41, 5.74) is 6.44. The summed E-state index contributed by atoms with van der Waals surface area (Å²) in [4.78, 5) is 16.1. The van der Waals surface area contributed by atoms with Crippen LogP contribution >= 0.6 is 0 Å². The molecule has 0 atom stereocenters. The Bertz CT molecular complexity index is 688. The van der Waals surface area contributed by atoms with E-state index in [0.29, 0.717) is 18.1 Å². The second-order valence-corrected chi connectivity index (χ2v) is 6.60. The Morgan fingerprint density at radius 2 is 2.23 bits per heavy atom. The molecule has 0 aliphatic heterocycles. The summed E-state index contributed by atoms with van der Waals surface area (Å²) in [6.07, 6.45) is 1.92. The molecule has 4 N–H and O–H groups in total. The minimum absolute atomic E-state index is 0.00817. The molecule has 0 unspecified atom stereocenters. The van der Waals surface area contributed by atoms with Crippen molar-refractivity contribution in [2.45, 2.75) is 26.7 Å². The molecular weight excluding hydrogens is 280 g/mol. The van der Waals surface area contributed by atoms with Crippen LogP contribution in [0.15, 0.2) is 18.2 Å². The van der Waals surface area contributed by atoms with E-state index >= 15 is 0 Å². The molecule has 0 saturated heterocycles. The van der Waals surface area contributed by atoms with Gasteiger partial charge in [0, 0.05) is 12.5 Å². The van der Waals surface area contributed by atoms with Gasteiger partial charge in [0.2, 0.25) is 11.9 Å². The lowest BCUT2D eigenvalue weighted by molar-refractivity contribution is -0.117. The first-order chi connectivity index (χ1) is 10.5. The number of amides is 1. The van der Waals surface area contributed by atoms with Crippen LogP contribution in [0.25, 0.3) is 5.65 Å². The number of fused-ring (bicyclic) bond motifs is 1. The molecular formula is C15H22N6O. The standard InChI is InChI=1S/C15H22N6O/c1-15(2,8-16)9-17-11-4-3-5-12-18-14(20-21(11)12)19-13(22)10-6-7-10/h3-5,10,17H,6-9,16H2,1-2H3,(H,19,20,22). The molecule has 1 fully saturated rings. The minimum Gasteiger partial charge on any atom is -0.369 e. The van der Waals surface area contributed by atoms with Crippen LogP contribution in [-0.4, -0.2) is 33.6 Å². The van der Waals surface area contributed by atoms with Crippen molar-refractivity contribution in [2.75, 3.05) is 23.7 Å². The molecule has 22 heavy (non-hydrogen) atoms. The highest BCUT2D eigenvalue weighted by Gasteiger charge is 2.30. The molecule has 0 radical (unpaired) electrons. The van der Waals surface area contributed by atoms with Crippen molar-refractivity contribution in [1.29, 1.82) is 0 Å². The summed E-state index contributed by atoms with van der Waals surface area (Å²) in [5, 5.41) is 10.5. The Labute approximate surface area is 129 Å². The third kappa shape index (κ3) is 3.19. The van der Waals surface area contributed by atoms with Gasteiger partial charge < -0.3 is 11.1 Å². The Balaban J connectivity index is 1.78. The van der Waals surface area contributed by atoms with Gasteiger partial charge in [-0.1, -0.05) is 19.9 Å². The number of hydrogen-bond acceptors (Lipinski definition) is 5. The Morgan fingerprint density at radius 3 is 2.91 bits per heavy atom. The van der Waals surface area contributed by atoms with Crippen molar-refractivity contribution in [1.82, 2.24) is 14.6 Å². The number of pyridine rings is 1. The zero-order valence-electron chi connectivity index (χ0n) is 13.0. The van der Waals surface area contributed by atoms with Crippen molar-refractivity contribution in [3.8, 4) is 0 Å². The van der Waals surface area contributed by atoms with Crippen molar-refractivity contribution < 1.29 is 4.79 Å². The van der Waals surface area contributed by atoms with Gasteiger partial charge in [-0.2, -0.15) is 9.50 Å². The van der Waals surface area contributed by atoms with Crippen molar-refractivity contribution >= 4 is 23.3 Å². The van der Waals surface area contributed by atoms with Gasteiger partial charge in [-0.05, 0) is 36.9 Å². The first-order valence-corrected chi connectivity index (χ1v) is 7.59. The van der Waals surface area contributed by atoms with Crippen LogP contribution in [0.4, 0.5) is 11.8 Å². The van der Waals surface area contributed by atoms with Gasteiger partial charge in [-0.25, -0.2) is 0 Å². The summed E-state index contributed by atoms with van der Waals surface area (Å²) < 4.78 is 1.70. The van der Waals surface area contributed by atoms with E-state index in [9.17, 15) is 4.79 Å². The second kappa shape index (κ2) is 5.57. The van der Waals surface area contributed by atoms with Gasteiger partial charge >= 0.3 is 0 Å². The molecule has 7 nitrogen and oxygen atoms in total. The maximum Gasteiger partial charge on any atom is 0.249 e. The topological polar surface area (TPSA) is 97.3 Å². The quantitative estimate of drug-likeness (QED) is 0.751. The Hall–Kier alpha value is -2.15. The van der Waals surface area contributed by atoms with Gasteiger partial charge in [-0.3, -0.25) is 10.1 Å². The molecule has 118 valence electrons. The van der Waals surface area contributed by atoms with Crippen LogP contribution in [0, 0.1) is 11.3 Å². The van der Waals surface area contributed by atoms with Gasteiger partial charge in [-0.15, -0.1) is 5.10 Å². The lowest BCUT2D eigenvalue weighted by Gasteiger charge is -2.23. The molecule has 2 aromatic rings. The lowest BCUT2D eigenvalue weighted by atomic mass is 9.94. The van der Waals surface area contributed by atoms with Crippen molar-refractivity contribution in [2.24, 2.45) is 17.1 Å². The molecule has 2 aromatic heterocycles. The summed E-state index contributed by atoms with van der Waals surface area (Å²) in [6, 6.07) is 5.70. The first-order valence-electron chi connectivity index (χ1n) is 7.59. The van der Waals surface area contributed by atoms with E-state index in [4.69, 9.17) is 5.73 Å². The lowest BCUT2D eigenvalue weighted by Crippen LogP contribution is -2.31. The summed E-state index contributed by atoms with van der Waals surface area (Å²) in [7, 11) is 0.